The minimum atomic E-state index is -0.0990. The summed E-state index contributed by atoms with van der Waals surface area (Å²) in [4.78, 5) is 22.8. The van der Waals surface area contributed by atoms with Gasteiger partial charge in [0.05, 0.1) is 6.04 Å². The van der Waals surface area contributed by atoms with E-state index in [1.54, 1.807) is 20.4 Å². The summed E-state index contributed by atoms with van der Waals surface area (Å²) in [6, 6.07) is 1.87. The molecule has 1 aliphatic rings. The first kappa shape index (κ1) is 15.9. The monoisotopic (exact) mass is 292 g/mol. The second-order valence-corrected chi connectivity index (χ2v) is 5.46. The summed E-state index contributed by atoms with van der Waals surface area (Å²) < 4.78 is 5.09. The number of hydrogen-bond acceptors (Lipinski definition) is 5. The van der Waals surface area contributed by atoms with Gasteiger partial charge in [0.2, 0.25) is 5.91 Å². The lowest BCUT2D eigenvalue weighted by atomic mass is 9.93. The fourth-order valence-corrected chi connectivity index (χ4v) is 2.82. The number of piperidine rings is 1. The summed E-state index contributed by atoms with van der Waals surface area (Å²) in [5.41, 5.74) is 1.05. The molecule has 21 heavy (non-hydrogen) atoms. The second-order valence-electron chi connectivity index (χ2n) is 5.46. The predicted octanol–water partition coefficient (Wildman–Crippen LogP) is 0.937. The average molecular weight is 292 g/mol. The Hall–Kier alpha value is -1.53. The Balaban J connectivity index is 2.06. The molecule has 0 aromatic carbocycles. The van der Waals surface area contributed by atoms with Crippen LogP contribution in [0.3, 0.4) is 0 Å². The smallest absolute Gasteiger partial charge is 0.236 e. The van der Waals surface area contributed by atoms with Gasteiger partial charge in [-0.05, 0) is 32.4 Å². The Bertz CT molecular complexity index is 480. The summed E-state index contributed by atoms with van der Waals surface area (Å²) in [7, 11) is 3.32. The standard InChI is InChI=1S/C15H24N4O2/c1-11(15(20)16-2)19-8-4-5-12(9-19)13-6-7-17-14(18-13)10-21-3/h6-7,11-12H,4-5,8-10H2,1-3H3,(H,16,20)/t11-,12+/m0/s1. The number of carbonyl (C=O) groups is 1. The van der Waals surface area contributed by atoms with E-state index in [9.17, 15) is 4.79 Å². The normalized spacial score (nSPS) is 21.0. The van der Waals surface area contributed by atoms with Crippen LogP contribution >= 0.6 is 0 Å². The van der Waals surface area contributed by atoms with Crippen LogP contribution in [0.5, 0.6) is 0 Å². The molecule has 1 aromatic heterocycles. The van der Waals surface area contributed by atoms with Gasteiger partial charge in [0, 0.05) is 38.5 Å². The van der Waals surface area contributed by atoms with E-state index >= 15 is 0 Å². The first-order chi connectivity index (χ1) is 10.2. The Morgan fingerprint density at radius 2 is 2.43 bits per heavy atom. The van der Waals surface area contributed by atoms with Crippen molar-refractivity contribution in [3.63, 3.8) is 0 Å². The van der Waals surface area contributed by atoms with Crippen molar-refractivity contribution >= 4 is 5.91 Å². The minimum Gasteiger partial charge on any atom is -0.377 e. The van der Waals surface area contributed by atoms with Crippen molar-refractivity contribution in [1.82, 2.24) is 20.2 Å². The highest BCUT2D eigenvalue weighted by molar-refractivity contribution is 5.80. The quantitative estimate of drug-likeness (QED) is 0.874. The summed E-state index contributed by atoms with van der Waals surface area (Å²) in [5, 5.41) is 2.72. The Labute approximate surface area is 125 Å². The molecule has 1 aliphatic heterocycles. The fourth-order valence-electron chi connectivity index (χ4n) is 2.82. The van der Waals surface area contributed by atoms with Crippen molar-refractivity contribution in [3.8, 4) is 0 Å². The van der Waals surface area contributed by atoms with Gasteiger partial charge in [0.1, 0.15) is 6.61 Å². The van der Waals surface area contributed by atoms with Crippen molar-refractivity contribution < 1.29 is 9.53 Å². The molecular formula is C15H24N4O2. The minimum absolute atomic E-state index is 0.0680. The number of nitrogens with zero attached hydrogens (tertiary/aromatic N) is 3. The van der Waals surface area contributed by atoms with E-state index in [1.807, 2.05) is 13.0 Å². The molecule has 0 unspecified atom stereocenters. The molecular weight excluding hydrogens is 268 g/mol. The van der Waals surface area contributed by atoms with E-state index in [0.29, 0.717) is 18.3 Å². The topological polar surface area (TPSA) is 67.4 Å². The molecule has 6 nitrogen and oxygen atoms in total. The highest BCUT2D eigenvalue weighted by Crippen LogP contribution is 2.26. The molecule has 0 bridgehead atoms. The number of likely N-dealkylation sites (tertiary alicyclic amines) is 1. The van der Waals surface area contributed by atoms with Crippen LogP contribution in [0.4, 0.5) is 0 Å². The molecule has 1 amide bonds. The number of carbonyl (C=O) groups excluding carboxylic acids is 1. The van der Waals surface area contributed by atoms with Crippen LogP contribution in [0, 0.1) is 0 Å². The van der Waals surface area contributed by atoms with E-state index < -0.39 is 0 Å². The van der Waals surface area contributed by atoms with Crippen molar-refractivity contribution in [2.75, 3.05) is 27.2 Å². The number of likely N-dealkylation sites (N-methyl/N-ethyl adjacent to an activating group) is 1. The van der Waals surface area contributed by atoms with Crippen molar-refractivity contribution in [2.45, 2.75) is 38.3 Å². The third kappa shape index (κ3) is 3.98. The Morgan fingerprint density at radius 1 is 1.62 bits per heavy atom. The number of hydrogen-bond donors (Lipinski definition) is 1. The molecule has 0 radical (unpaired) electrons. The van der Waals surface area contributed by atoms with Gasteiger partial charge in [-0.15, -0.1) is 0 Å². The lowest BCUT2D eigenvalue weighted by Gasteiger charge is -2.35. The van der Waals surface area contributed by atoms with Gasteiger partial charge in [0.15, 0.2) is 5.82 Å². The maximum atomic E-state index is 11.8. The number of rotatable bonds is 5. The molecule has 116 valence electrons. The fraction of sp³-hybridized carbons (Fsp3) is 0.667. The van der Waals surface area contributed by atoms with Crippen LogP contribution in [-0.4, -0.2) is 54.1 Å². The van der Waals surface area contributed by atoms with Crippen molar-refractivity contribution in [3.05, 3.63) is 23.8 Å². The molecule has 1 saturated heterocycles. The van der Waals surface area contributed by atoms with Gasteiger partial charge in [-0.3, -0.25) is 9.69 Å². The zero-order valence-electron chi connectivity index (χ0n) is 13.0. The number of ether oxygens (including phenoxy) is 1. The molecule has 6 heteroatoms. The van der Waals surface area contributed by atoms with Gasteiger partial charge in [-0.1, -0.05) is 0 Å². The summed E-state index contributed by atoms with van der Waals surface area (Å²) in [6.45, 7) is 4.20. The number of nitrogens with one attached hydrogen (secondary N) is 1. The van der Waals surface area contributed by atoms with Gasteiger partial charge < -0.3 is 10.1 Å². The lowest BCUT2D eigenvalue weighted by Crippen LogP contribution is -2.48. The van der Waals surface area contributed by atoms with Crippen LogP contribution < -0.4 is 5.32 Å². The van der Waals surface area contributed by atoms with E-state index in [-0.39, 0.29) is 11.9 Å². The molecule has 1 N–H and O–H groups in total. The molecule has 0 saturated carbocycles. The first-order valence-electron chi connectivity index (χ1n) is 7.42. The van der Waals surface area contributed by atoms with Gasteiger partial charge in [-0.2, -0.15) is 0 Å². The third-order valence-electron chi connectivity index (χ3n) is 4.05. The zero-order chi connectivity index (χ0) is 15.2. The Morgan fingerprint density at radius 3 is 3.14 bits per heavy atom. The van der Waals surface area contributed by atoms with E-state index in [2.05, 4.69) is 20.2 Å². The van der Waals surface area contributed by atoms with Crippen molar-refractivity contribution in [1.29, 1.82) is 0 Å². The van der Waals surface area contributed by atoms with Crippen LogP contribution in [0.1, 0.15) is 37.2 Å². The van der Waals surface area contributed by atoms with E-state index in [0.717, 1.165) is 31.6 Å². The first-order valence-corrected chi connectivity index (χ1v) is 7.42. The number of aromatic nitrogens is 2. The van der Waals surface area contributed by atoms with E-state index in [1.165, 1.54) is 0 Å². The molecule has 0 aliphatic carbocycles. The molecule has 2 rings (SSSR count). The largest absolute Gasteiger partial charge is 0.377 e. The van der Waals surface area contributed by atoms with Gasteiger partial charge >= 0.3 is 0 Å². The van der Waals surface area contributed by atoms with Crippen LogP contribution in [-0.2, 0) is 16.1 Å². The maximum absolute atomic E-state index is 11.8. The predicted molar refractivity (Wildman–Crippen MR) is 79.8 cm³/mol. The maximum Gasteiger partial charge on any atom is 0.236 e. The Kier molecular flexibility index (Phi) is 5.64. The number of amides is 1. The molecule has 1 fully saturated rings. The second kappa shape index (κ2) is 7.47. The highest BCUT2D eigenvalue weighted by Gasteiger charge is 2.28. The summed E-state index contributed by atoms with van der Waals surface area (Å²) in [6.07, 6.45) is 3.97. The highest BCUT2D eigenvalue weighted by atomic mass is 16.5. The van der Waals surface area contributed by atoms with Gasteiger partial charge in [0.25, 0.3) is 0 Å². The van der Waals surface area contributed by atoms with Crippen LogP contribution in [0.2, 0.25) is 0 Å². The average Bonchev–Trinajstić information content (AvgIpc) is 2.54. The molecule has 0 spiro atoms. The number of methoxy groups -OCH3 is 1. The zero-order valence-corrected chi connectivity index (χ0v) is 13.0. The molecule has 2 atom stereocenters. The van der Waals surface area contributed by atoms with E-state index in [4.69, 9.17) is 4.74 Å². The third-order valence-corrected chi connectivity index (χ3v) is 4.05. The van der Waals surface area contributed by atoms with Gasteiger partial charge in [-0.25, -0.2) is 9.97 Å². The molecule has 2 heterocycles. The lowest BCUT2D eigenvalue weighted by molar-refractivity contribution is -0.125. The molecule has 1 aromatic rings. The van der Waals surface area contributed by atoms with Crippen LogP contribution in [0.15, 0.2) is 12.3 Å². The van der Waals surface area contributed by atoms with Crippen LogP contribution in [0.25, 0.3) is 0 Å². The summed E-state index contributed by atoms with van der Waals surface area (Å²) in [5.74, 6) is 1.13. The SMILES string of the molecule is CNC(=O)[C@H](C)N1CCC[C@@H](c2ccnc(COC)n2)C1. The summed E-state index contributed by atoms with van der Waals surface area (Å²) >= 11 is 0. The van der Waals surface area contributed by atoms with Crippen molar-refractivity contribution in [2.24, 2.45) is 0 Å².